The van der Waals surface area contributed by atoms with Crippen molar-refractivity contribution in [1.29, 1.82) is 0 Å². The zero-order chi connectivity index (χ0) is 16.8. The molecule has 1 aliphatic rings. The Morgan fingerprint density at radius 1 is 1.38 bits per heavy atom. The molecular weight excluding hydrogens is 324 g/mol. The van der Waals surface area contributed by atoms with E-state index in [9.17, 15) is 4.79 Å². The van der Waals surface area contributed by atoms with E-state index in [0.29, 0.717) is 23.5 Å². The first-order chi connectivity index (χ1) is 11.7. The van der Waals surface area contributed by atoms with Gasteiger partial charge in [-0.05, 0) is 25.8 Å². The van der Waals surface area contributed by atoms with E-state index in [4.69, 9.17) is 0 Å². The summed E-state index contributed by atoms with van der Waals surface area (Å²) < 4.78 is 2.12. The summed E-state index contributed by atoms with van der Waals surface area (Å²) in [4.78, 5) is 20.5. The van der Waals surface area contributed by atoms with E-state index in [1.54, 1.807) is 12.5 Å². The van der Waals surface area contributed by atoms with Gasteiger partial charge in [0.2, 0.25) is 5.91 Å². The molecule has 2 aromatic heterocycles. The van der Waals surface area contributed by atoms with Gasteiger partial charge in [-0.15, -0.1) is 10.2 Å². The van der Waals surface area contributed by atoms with E-state index in [1.165, 1.54) is 43.9 Å². The third kappa shape index (κ3) is 4.53. The second-order valence-corrected chi connectivity index (χ2v) is 6.93. The average Bonchev–Trinajstić information content (AvgIpc) is 3.07. The van der Waals surface area contributed by atoms with Crippen molar-refractivity contribution in [2.75, 3.05) is 5.75 Å². The second-order valence-electron chi connectivity index (χ2n) is 5.99. The van der Waals surface area contributed by atoms with Gasteiger partial charge in [-0.2, -0.15) is 0 Å². The van der Waals surface area contributed by atoms with Crippen molar-refractivity contribution in [3.05, 3.63) is 30.1 Å². The first-order valence-electron chi connectivity index (χ1n) is 8.30. The van der Waals surface area contributed by atoms with Crippen LogP contribution in [0.1, 0.15) is 49.7 Å². The van der Waals surface area contributed by atoms with Crippen LogP contribution in [0.3, 0.4) is 0 Å². The largest absolute Gasteiger partial charge is 0.348 e. The fourth-order valence-electron chi connectivity index (χ4n) is 2.91. The predicted molar refractivity (Wildman–Crippen MR) is 91.5 cm³/mol. The zero-order valence-corrected chi connectivity index (χ0v) is 14.6. The Morgan fingerprint density at radius 2 is 2.21 bits per heavy atom. The van der Waals surface area contributed by atoms with E-state index in [2.05, 4.69) is 30.0 Å². The molecule has 128 valence electrons. The highest BCUT2D eigenvalue weighted by Crippen LogP contribution is 2.28. The molecule has 0 spiro atoms. The molecule has 1 amide bonds. The zero-order valence-electron chi connectivity index (χ0n) is 13.8. The van der Waals surface area contributed by atoms with E-state index >= 15 is 0 Å². The van der Waals surface area contributed by atoms with Crippen molar-refractivity contribution < 1.29 is 4.79 Å². The van der Waals surface area contributed by atoms with Gasteiger partial charge in [-0.25, -0.2) is 9.97 Å². The van der Waals surface area contributed by atoms with Crippen LogP contribution in [0.25, 0.3) is 0 Å². The number of nitrogens with one attached hydrogen (secondary N) is 1. The van der Waals surface area contributed by atoms with Crippen LogP contribution in [-0.4, -0.2) is 36.4 Å². The van der Waals surface area contributed by atoms with Crippen LogP contribution < -0.4 is 5.32 Å². The maximum Gasteiger partial charge on any atom is 0.230 e. The summed E-state index contributed by atoms with van der Waals surface area (Å²) in [6.45, 7) is 2.31. The van der Waals surface area contributed by atoms with Gasteiger partial charge in [0.15, 0.2) is 11.0 Å². The lowest BCUT2D eigenvalue weighted by Crippen LogP contribution is -2.27. The molecule has 1 N–H and O–H groups in total. The first kappa shape index (κ1) is 16.9. The predicted octanol–water partition coefficient (Wildman–Crippen LogP) is 2.29. The highest BCUT2D eigenvalue weighted by Gasteiger charge is 2.18. The van der Waals surface area contributed by atoms with Crippen LogP contribution >= 0.6 is 11.8 Å². The molecule has 0 bridgehead atoms. The van der Waals surface area contributed by atoms with Crippen molar-refractivity contribution in [3.8, 4) is 0 Å². The molecule has 2 heterocycles. The standard InChI is InChI=1S/C16H22N6OS/c1-12-7-8-17-16(20-12)24-10-15(23)18-9-14-21-19-11-22(14)13-5-3-2-4-6-13/h7-8,11,13H,2-6,9-10H2,1H3,(H,18,23). The Hall–Kier alpha value is -1.96. The van der Waals surface area contributed by atoms with Gasteiger partial charge in [-0.1, -0.05) is 31.0 Å². The molecule has 0 atom stereocenters. The number of thioether (sulfide) groups is 1. The van der Waals surface area contributed by atoms with Crippen LogP contribution in [0.5, 0.6) is 0 Å². The van der Waals surface area contributed by atoms with Gasteiger partial charge >= 0.3 is 0 Å². The van der Waals surface area contributed by atoms with E-state index in [0.717, 1.165) is 11.5 Å². The molecule has 1 aliphatic carbocycles. The van der Waals surface area contributed by atoms with Crippen LogP contribution in [0.2, 0.25) is 0 Å². The smallest absolute Gasteiger partial charge is 0.230 e. The first-order valence-corrected chi connectivity index (χ1v) is 9.28. The van der Waals surface area contributed by atoms with Crippen molar-refractivity contribution in [2.45, 2.75) is 56.8 Å². The maximum atomic E-state index is 12.0. The molecule has 7 nitrogen and oxygen atoms in total. The summed E-state index contributed by atoms with van der Waals surface area (Å²) in [7, 11) is 0. The molecule has 24 heavy (non-hydrogen) atoms. The van der Waals surface area contributed by atoms with Crippen molar-refractivity contribution >= 4 is 17.7 Å². The van der Waals surface area contributed by atoms with Crippen LogP contribution in [0.15, 0.2) is 23.7 Å². The third-order valence-corrected chi connectivity index (χ3v) is 5.03. The number of nitrogens with zero attached hydrogens (tertiary/aromatic N) is 5. The van der Waals surface area contributed by atoms with E-state index in [1.807, 2.05) is 13.0 Å². The molecule has 0 radical (unpaired) electrons. The lowest BCUT2D eigenvalue weighted by atomic mass is 9.95. The van der Waals surface area contributed by atoms with Gasteiger partial charge < -0.3 is 9.88 Å². The molecule has 3 rings (SSSR count). The minimum atomic E-state index is -0.0525. The number of hydrogen-bond donors (Lipinski definition) is 1. The molecule has 1 saturated carbocycles. The summed E-state index contributed by atoms with van der Waals surface area (Å²) in [5, 5.41) is 11.7. The van der Waals surface area contributed by atoms with Crippen LogP contribution in [0.4, 0.5) is 0 Å². The van der Waals surface area contributed by atoms with Crippen molar-refractivity contribution in [3.63, 3.8) is 0 Å². The number of aryl methyl sites for hydroxylation is 1. The lowest BCUT2D eigenvalue weighted by Gasteiger charge is -2.24. The summed E-state index contributed by atoms with van der Waals surface area (Å²) in [6.07, 6.45) is 9.63. The molecule has 0 unspecified atom stereocenters. The monoisotopic (exact) mass is 346 g/mol. The fourth-order valence-corrected chi connectivity index (χ4v) is 3.62. The molecule has 0 aromatic carbocycles. The highest BCUT2D eigenvalue weighted by atomic mass is 32.2. The summed E-state index contributed by atoms with van der Waals surface area (Å²) >= 11 is 1.34. The average molecular weight is 346 g/mol. The Morgan fingerprint density at radius 3 is 3.00 bits per heavy atom. The Kier molecular flexibility index (Phi) is 5.79. The molecule has 0 saturated heterocycles. The number of carbonyl (C=O) groups is 1. The topological polar surface area (TPSA) is 85.6 Å². The fraction of sp³-hybridized carbons (Fsp3) is 0.562. The van der Waals surface area contributed by atoms with Crippen molar-refractivity contribution in [2.24, 2.45) is 0 Å². The normalized spacial score (nSPS) is 15.4. The van der Waals surface area contributed by atoms with Crippen LogP contribution in [-0.2, 0) is 11.3 Å². The van der Waals surface area contributed by atoms with Gasteiger partial charge in [0, 0.05) is 17.9 Å². The quantitative estimate of drug-likeness (QED) is 0.638. The summed E-state index contributed by atoms with van der Waals surface area (Å²) in [6, 6.07) is 2.30. The molecule has 1 fully saturated rings. The molecular formula is C16H22N6OS. The number of amides is 1. The molecule has 8 heteroatoms. The van der Waals surface area contributed by atoms with Gasteiger partial charge in [0.05, 0.1) is 12.3 Å². The van der Waals surface area contributed by atoms with Gasteiger partial charge in [0.1, 0.15) is 6.33 Å². The minimum Gasteiger partial charge on any atom is -0.348 e. The summed E-state index contributed by atoms with van der Waals surface area (Å²) in [5.74, 6) is 1.07. The Balaban J connectivity index is 1.49. The van der Waals surface area contributed by atoms with Gasteiger partial charge in [0.25, 0.3) is 0 Å². The third-order valence-electron chi connectivity index (χ3n) is 4.16. The number of aromatic nitrogens is 5. The maximum absolute atomic E-state index is 12.0. The lowest BCUT2D eigenvalue weighted by molar-refractivity contribution is -0.118. The number of hydrogen-bond acceptors (Lipinski definition) is 6. The Bertz CT molecular complexity index is 683. The van der Waals surface area contributed by atoms with E-state index in [-0.39, 0.29) is 5.91 Å². The Labute approximate surface area is 145 Å². The number of carbonyl (C=O) groups excluding carboxylic acids is 1. The van der Waals surface area contributed by atoms with Crippen LogP contribution in [0, 0.1) is 6.92 Å². The molecule has 0 aliphatic heterocycles. The molecule has 2 aromatic rings. The minimum absolute atomic E-state index is 0.0525. The summed E-state index contributed by atoms with van der Waals surface area (Å²) in [5.41, 5.74) is 0.897. The SMILES string of the molecule is Cc1ccnc(SCC(=O)NCc2nncn2C2CCCCC2)n1. The van der Waals surface area contributed by atoms with Crippen molar-refractivity contribution in [1.82, 2.24) is 30.0 Å². The second kappa shape index (κ2) is 8.23. The highest BCUT2D eigenvalue weighted by molar-refractivity contribution is 7.99. The van der Waals surface area contributed by atoms with Gasteiger partial charge in [-0.3, -0.25) is 4.79 Å². The van der Waals surface area contributed by atoms with E-state index < -0.39 is 0 Å². The number of rotatable bonds is 6.